The Kier molecular flexibility index (Phi) is 4.50. The van der Waals surface area contributed by atoms with Crippen LogP contribution in [-0.2, 0) is 4.79 Å². The molecule has 1 aliphatic rings. The van der Waals surface area contributed by atoms with Crippen LogP contribution in [0.4, 0.5) is 0 Å². The Balaban J connectivity index is 2.07. The Hall–Kier alpha value is -2.11. The van der Waals surface area contributed by atoms with Crippen molar-refractivity contribution in [1.29, 1.82) is 0 Å². The fraction of sp³-hybridized carbons (Fsp3) is 0.111. The van der Waals surface area contributed by atoms with Crippen LogP contribution in [0.25, 0.3) is 16.8 Å². The maximum Gasteiger partial charge on any atom is 0.266 e. The van der Waals surface area contributed by atoms with E-state index in [-0.39, 0.29) is 5.91 Å². The predicted molar refractivity (Wildman–Crippen MR) is 101 cm³/mol. The van der Waals surface area contributed by atoms with Crippen molar-refractivity contribution in [3.63, 3.8) is 0 Å². The molecule has 23 heavy (non-hydrogen) atoms. The summed E-state index contributed by atoms with van der Waals surface area (Å²) in [5.41, 5.74) is 0.973. The summed E-state index contributed by atoms with van der Waals surface area (Å²) in [6.45, 7) is 4.10. The quantitative estimate of drug-likeness (QED) is 0.473. The molecule has 2 aromatic rings. The lowest BCUT2D eigenvalue weighted by Crippen LogP contribution is -2.27. The van der Waals surface area contributed by atoms with Crippen LogP contribution in [0.3, 0.4) is 0 Å². The van der Waals surface area contributed by atoms with E-state index in [9.17, 15) is 4.79 Å². The fourth-order valence-corrected chi connectivity index (χ4v) is 3.79. The number of carbonyl (C=O) groups is 1. The highest BCUT2D eigenvalue weighted by Crippen LogP contribution is 2.35. The number of carbonyl (C=O) groups excluding carboxylic acids is 1. The van der Waals surface area contributed by atoms with Crippen LogP contribution >= 0.6 is 24.0 Å². The van der Waals surface area contributed by atoms with Crippen LogP contribution in [0.5, 0.6) is 5.75 Å². The molecule has 1 amide bonds. The van der Waals surface area contributed by atoms with Crippen molar-refractivity contribution in [2.45, 2.75) is 0 Å². The zero-order valence-electron chi connectivity index (χ0n) is 12.6. The summed E-state index contributed by atoms with van der Waals surface area (Å²) in [7, 11) is 1.65. The van der Waals surface area contributed by atoms with E-state index < -0.39 is 0 Å². The number of nitrogens with zero attached hydrogens (tertiary/aromatic N) is 1. The number of ether oxygens (including phenoxy) is 1. The smallest absolute Gasteiger partial charge is 0.266 e. The molecule has 1 fully saturated rings. The SMILES string of the molecule is C=CCN1C(=O)/C(=C\c2ccc(OC)c3ccccc23)SC1=S. The van der Waals surface area contributed by atoms with Gasteiger partial charge in [0, 0.05) is 11.9 Å². The number of hydrogen-bond acceptors (Lipinski definition) is 4. The first-order chi connectivity index (χ1) is 11.2. The maximum absolute atomic E-state index is 12.4. The third-order valence-corrected chi connectivity index (χ3v) is 4.99. The predicted octanol–water partition coefficient (Wildman–Crippen LogP) is 4.24. The van der Waals surface area contributed by atoms with E-state index in [4.69, 9.17) is 17.0 Å². The van der Waals surface area contributed by atoms with E-state index in [1.54, 1.807) is 18.1 Å². The minimum atomic E-state index is -0.0696. The molecule has 1 saturated heterocycles. The van der Waals surface area contributed by atoms with Crippen molar-refractivity contribution in [2.75, 3.05) is 13.7 Å². The standard InChI is InChI=1S/C18H15NO2S2/c1-3-10-19-17(20)16(23-18(19)22)11-12-8-9-15(21-2)14-7-5-4-6-13(12)14/h3-9,11H,1,10H2,2H3/b16-11+. The van der Waals surface area contributed by atoms with Crippen LogP contribution in [0.15, 0.2) is 54.0 Å². The number of benzene rings is 2. The third kappa shape index (κ3) is 2.90. The van der Waals surface area contributed by atoms with Crippen LogP contribution in [0, 0.1) is 0 Å². The Morgan fingerprint density at radius 1 is 1.26 bits per heavy atom. The van der Waals surface area contributed by atoms with Gasteiger partial charge in [-0.05, 0) is 23.1 Å². The van der Waals surface area contributed by atoms with Gasteiger partial charge in [0.2, 0.25) is 0 Å². The number of amides is 1. The molecule has 0 aliphatic carbocycles. The molecule has 5 heteroatoms. The van der Waals surface area contributed by atoms with Crippen molar-refractivity contribution in [3.8, 4) is 5.75 Å². The second-order valence-electron chi connectivity index (χ2n) is 4.98. The molecular formula is C18H15NO2S2. The second kappa shape index (κ2) is 6.56. The largest absolute Gasteiger partial charge is 0.496 e. The number of thiocarbonyl (C=S) groups is 1. The van der Waals surface area contributed by atoms with Crippen molar-refractivity contribution in [1.82, 2.24) is 4.90 Å². The number of hydrogen-bond donors (Lipinski definition) is 0. The van der Waals surface area contributed by atoms with Gasteiger partial charge in [0.1, 0.15) is 10.1 Å². The van der Waals surface area contributed by atoms with E-state index >= 15 is 0 Å². The number of rotatable bonds is 4. The van der Waals surface area contributed by atoms with Gasteiger partial charge in [0.05, 0.1) is 12.0 Å². The Morgan fingerprint density at radius 3 is 2.70 bits per heavy atom. The van der Waals surface area contributed by atoms with Crippen molar-refractivity contribution < 1.29 is 9.53 Å². The molecule has 0 N–H and O–H groups in total. The summed E-state index contributed by atoms with van der Waals surface area (Å²) in [5, 5.41) is 2.06. The summed E-state index contributed by atoms with van der Waals surface area (Å²) >= 11 is 6.60. The van der Waals surface area contributed by atoms with Crippen molar-refractivity contribution in [3.05, 3.63) is 59.5 Å². The van der Waals surface area contributed by atoms with Crippen LogP contribution in [-0.4, -0.2) is 28.8 Å². The zero-order valence-corrected chi connectivity index (χ0v) is 14.2. The minimum absolute atomic E-state index is 0.0696. The van der Waals surface area contributed by atoms with E-state index in [2.05, 4.69) is 6.58 Å². The van der Waals surface area contributed by atoms with E-state index in [0.717, 1.165) is 22.1 Å². The highest BCUT2D eigenvalue weighted by Gasteiger charge is 2.31. The molecule has 0 spiro atoms. The second-order valence-corrected chi connectivity index (χ2v) is 6.66. The topological polar surface area (TPSA) is 29.5 Å². The normalized spacial score (nSPS) is 16.4. The lowest BCUT2D eigenvalue weighted by Gasteiger charge is -2.10. The van der Waals surface area contributed by atoms with E-state index in [1.165, 1.54) is 11.8 Å². The van der Waals surface area contributed by atoms with Gasteiger partial charge < -0.3 is 4.74 Å². The number of methoxy groups -OCH3 is 1. The zero-order chi connectivity index (χ0) is 16.4. The summed E-state index contributed by atoms with van der Waals surface area (Å²) in [6.07, 6.45) is 3.57. The number of fused-ring (bicyclic) bond motifs is 1. The van der Waals surface area contributed by atoms with Crippen molar-refractivity contribution >= 4 is 51.1 Å². The van der Waals surface area contributed by atoms with Gasteiger partial charge in [0.15, 0.2) is 0 Å². The van der Waals surface area contributed by atoms with Gasteiger partial charge in [-0.2, -0.15) is 0 Å². The average molecular weight is 341 g/mol. The van der Waals surface area contributed by atoms with Crippen molar-refractivity contribution in [2.24, 2.45) is 0 Å². The molecular weight excluding hydrogens is 326 g/mol. The first-order valence-electron chi connectivity index (χ1n) is 7.07. The molecule has 1 aliphatic heterocycles. The molecule has 0 aromatic heterocycles. The molecule has 0 radical (unpaired) electrons. The first-order valence-corrected chi connectivity index (χ1v) is 8.30. The van der Waals surface area contributed by atoms with Gasteiger partial charge >= 0.3 is 0 Å². The molecule has 0 unspecified atom stereocenters. The lowest BCUT2D eigenvalue weighted by molar-refractivity contribution is -0.121. The van der Waals surface area contributed by atoms with Gasteiger partial charge in [-0.3, -0.25) is 9.69 Å². The Bertz CT molecular complexity index is 842. The highest BCUT2D eigenvalue weighted by molar-refractivity contribution is 8.26. The molecule has 3 nitrogen and oxygen atoms in total. The Morgan fingerprint density at radius 2 is 2.00 bits per heavy atom. The van der Waals surface area contributed by atoms with E-state index in [1.807, 2.05) is 42.5 Å². The van der Waals surface area contributed by atoms with Gasteiger partial charge in [-0.15, -0.1) is 6.58 Å². The maximum atomic E-state index is 12.4. The van der Waals surface area contributed by atoms with Gasteiger partial charge in [-0.25, -0.2) is 0 Å². The molecule has 116 valence electrons. The summed E-state index contributed by atoms with van der Waals surface area (Å²) < 4.78 is 5.98. The minimum Gasteiger partial charge on any atom is -0.496 e. The summed E-state index contributed by atoms with van der Waals surface area (Å²) in [5.74, 6) is 0.747. The van der Waals surface area contributed by atoms with E-state index in [0.29, 0.717) is 15.8 Å². The third-order valence-electron chi connectivity index (χ3n) is 3.61. The van der Waals surface area contributed by atoms with Gasteiger partial charge in [0.25, 0.3) is 5.91 Å². The molecule has 3 rings (SSSR count). The summed E-state index contributed by atoms with van der Waals surface area (Å²) in [4.78, 5) is 14.6. The lowest BCUT2D eigenvalue weighted by atomic mass is 10.0. The van der Waals surface area contributed by atoms with Crippen LogP contribution < -0.4 is 4.74 Å². The number of thioether (sulfide) groups is 1. The molecule has 0 atom stereocenters. The Labute approximate surface area is 144 Å². The molecule has 0 bridgehead atoms. The molecule has 2 aromatic carbocycles. The average Bonchev–Trinajstić information content (AvgIpc) is 2.83. The first kappa shape index (κ1) is 15.8. The van der Waals surface area contributed by atoms with Gasteiger partial charge in [-0.1, -0.05) is 60.4 Å². The fourth-order valence-electron chi connectivity index (χ4n) is 2.53. The van der Waals surface area contributed by atoms with Crippen LogP contribution in [0.1, 0.15) is 5.56 Å². The highest BCUT2D eigenvalue weighted by atomic mass is 32.2. The van der Waals surface area contributed by atoms with Crippen LogP contribution in [0.2, 0.25) is 0 Å². The molecule has 1 heterocycles. The monoisotopic (exact) mass is 341 g/mol. The molecule has 0 saturated carbocycles. The summed E-state index contributed by atoms with van der Waals surface area (Å²) in [6, 6.07) is 11.8.